The van der Waals surface area contributed by atoms with Gasteiger partial charge >= 0.3 is 0 Å². The molecule has 0 saturated carbocycles. The van der Waals surface area contributed by atoms with Crippen LogP contribution in [0.1, 0.15) is 19.8 Å². The predicted octanol–water partition coefficient (Wildman–Crippen LogP) is 6.17. The number of rotatable bonds is 6. The van der Waals surface area contributed by atoms with Crippen LogP contribution < -0.4 is 5.32 Å². The number of benzene rings is 1. The van der Waals surface area contributed by atoms with Crippen LogP contribution in [0.15, 0.2) is 78.0 Å². The predicted molar refractivity (Wildman–Crippen MR) is 136 cm³/mol. The Morgan fingerprint density at radius 3 is 2.74 bits per heavy atom. The van der Waals surface area contributed by atoms with Crippen molar-refractivity contribution in [3.05, 3.63) is 73.6 Å². The summed E-state index contributed by atoms with van der Waals surface area (Å²) in [5.74, 6) is -0.0119. The Hall–Kier alpha value is -4.72. The fraction of sp³-hybridized carbons (Fsp3) is 0.111. The molecule has 0 aliphatic rings. The molecule has 6 rings (SSSR count). The number of carbonyl (C=O) groups excluding carboxylic acids is 1. The first-order valence-electron chi connectivity index (χ1n) is 11.4. The lowest BCUT2D eigenvalue weighted by atomic mass is 10.0. The molecule has 0 spiro atoms. The van der Waals surface area contributed by atoms with Crippen molar-refractivity contribution in [3.63, 3.8) is 0 Å². The van der Waals surface area contributed by atoms with Gasteiger partial charge in [0.1, 0.15) is 5.69 Å². The van der Waals surface area contributed by atoms with Crippen molar-refractivity contribution in [3.8, 4) is 33.8 Å². The number of amides is 1. The summed E-state index contributed by atoms with van der Waals surface area (Å²) in [5, 5.41) is 12.6. The molecule has 5 aromatic heterocycles. The van der Waals surface area contributed by atoms with Crippen LogP contribution in [0.25, 0.3) is 55.6 Å². The van der Waals surface area contributed by atoms with E-state index < -0.39 is 0 Å². The topological polar surface area (TPSA) is 112 Å². The van der Waals surface area contributed by atoms with Crippen LogP contribution in [0.3, 0.4) is 0 Å². The summed E-state index contributed by atoms with van der Waals surface area (Å²) in [5.41, 5.74) is 7.96. The Morgan fingerprint density at radius 1 is 0.971 bits per heavy atom. The summed E-state index contributed by atoms with van der Waals surface area (Å²) in [6.45, 7) is 1.98. The zero-order valence-corrected chi connectivity index (χ0v) is 19.0. The van der Waals surface area contributed by atoms with E-state index in [2.05, 4.69) is 42.6 Å². The lowest BCUT2D eigenvalue weighted by Crippen LogP contribution is -2.10. The van der Waals surface area contributed by atoms with E-state index in [4.69, 9.17) is 4.42 Å². The Balaban J connectivity index is 1.40. The van der Waals surface area contributed by atoms with Gasteiger partial charge in [-0.2, -0.15) is 5.10 Å². The molecule has 0 aliphatic heterocycles. The van der Waals surface area contributed by atoms with Crippen molar-refractivity contribution in [2.75, 3.05) is 5.32 Å². The molecule has 0 radical (unpaired) electrons. The van der Waals surface area contributed by atoms with Crippen molar-refractivity contribution in [2.24, 2.45) is 0 Å². The molecule has 1 amide bonds. The molecule has 8 heteroatoms. The third-order valence-electron chi connectivity index (χ3n) is 5.99. The normalized spacial score (nSPS) is 11.3. The van der Waals surface area contributed by atoms with E-state index in [1.807, 2.05) is 37.3 Å². The van der Waals surface area contributed by atoms with Gasteiger partial charge in [-0.15, -0.1) is 0 Å². The summed E-state index contributed by atoms with van der Waals surface area (Å²) in [6.07, 6.45) is 9.86. The van der Waals surface area contributed by atoms with Crippen LogP contribution in [0.4, 0.5) is 5.69 Å². The van der Waals surface area contributed by atoms with Crippen LogP contribution in [0.2, 0.25) is 0 Å². The molecular formula is C27H22N6O2. The van der Waals surface area contributed by atoms with Crippen molar-refractivity contribution in [2.45, 2.75) is 19.8 Å². The van der Waals surface area contributed by atoms with E-state index in [0.29, 0.717) is 12.1 Å². The van der Waals surface area contributed by atoms with Gasteiger partial charge in [0.05, 0.1) is 41.3 Å². The second-order valence-electron chi connectivity index (χ2n) is 8.41. The number of H-pyrrole nitrogens is 2. The maximum Gasteiger partial charge on any atom is 0.224 e. The van der Waals surface area contributed by atoms with Crippen LogP contribution in [-0.2, 0) is 4.79 Å². The lowest BCUT2D eigenvalue weighted by Gasteiger charge is -2.07. The summed E-state index contributed by atoms with van der Waals surface area (Å²) in [4.78, 5) is 24.4. The van der Waals surface area contributed by atoms with Gasteiger partial charge in [0.15, 0.2) is 0 Å². The molecule has 172 valence electrons. The number of anilines is 1. The van der Waals surface area contributed by atoms with E-state index in [1.165, 1.54) is 0 Å². The Kier molecular flexibility index (Phi) is 5.11. The van der Waals surface area contributed by atoms with Crippen LogP contribution >= 0.6 is 0 Å². The van der Waals surface area contributed by atoms with Crippen LogP contribution in [0, 0.1) is 0 Å². The van der Waals surface area contributed by atoms with E-state index in [0.717, 1.165) is 62.0 Å². The van der Waals surface area contributed by atoms with Crippen molar-refractivity contribution in [1.82, 2.24) is 25.1 Å². The molecule has 35 heavy (non-hydrogen) atoms. The number of hydrogen-bond donors (Lipinski definition) is 3. The maximum absolute atomic E-state index is 12.0. The molecule has 0 bridgehead atoms. The summed E-state index contributed by atoms with van der Waals surface area (Å²) in [7, 11) is 0. The Labute approximate surface area is 200 Å². The van der Waals surface area contributed by atoms with E-state index in [1.54, 1.807) is 31.1 Å². The molecule has 0 saturated heterocycles. The molecule has 1 aromatic carbocycles. The Bertz CT molecular complexity index is 1660. The average molecular weight is 463 g/mol. The molecule has 0 aliphatic carbocycles. The molecule has 8 nitrogen and oxygen atoms in total. The largest absolute Gasteiger partial charge is 0.472 e. The molecule has 0 atom stereocenters. The summed E-state index contributed by atoms with van der Waals surface area (Å²) >= 11 is 0. The number of aromatic nitrogens is 5. The van der Waals surface area contributed by atoms with Gasteiger partial charge in [0, 0.05) is 46.2 Å². The molecule has 5 heterocycles. The molecule has 0 fully saturated rings. The fourth-order valence-corrected chi connectivity index (χ4v) is 4.33. The van der Waals surface area contributed by atoms with Crippen LogP contribution in [-0.4, -0.2) is 31.1 Å². The first kappa shape index (κ1) is 20.9. The smallest absolute Gasteiger partial charge is 0.224 e. The number of nitrogens with one attached hydrogen (secondary N) is 3. The summed E-state index contributed by atoms with van der Waals surface area (Å²) < 4.78 is 5.26. The zero-order chi connectivity index (χ0) is 23.8. The molecule has 3 N–H and O–H groups in total. The summed E-state index contributed by atoms with van der Waals surface area (Å²) in [6, 6.07) is 14.0. The number of pyridine rings is 2. The Morgan fingerprint density at radius 2 is 1.89 bits per heavy atom. The van der Waals surface area contributed by atoms with Gasteiger partial charge in [-0.3, -0.25) is 19.9 Å². The maximum atomic E-state index is 12.0. The SMILES string of the molecule is CCCC(=O)Nc1cncc(-c2ccc3[nH]nc(-c4cc5c(-c6ccoc6)nccc5[nH]4)c3c2)c1. The number of aromatic amines is 2. The highest BCUT2D eigenvalue weighted by Gasteiger charge is 2.15. The van der Waals surface area contributed by atoms with Gasteiger partial charge < -0.3 is 14.7 Å². The highest BCUT2D eigenvalue weighted by atomic mass is 16.3. The highest BCUT2D eigenvalue weighted by Crippen LogP contribution is 2.34. The second-order valence-corrected chi connectivity index (χ2v) is 8.41. The minimum Gasteiger partial charge on any atom is -0.472 e. The van der Waals surface area contributed by atoms with Gasteiger partial charge in [0.25, 0.3) is 0 Å². The van der Waals surface area contributed by atoms with E-state index >= 15 is 0 Å². The van der Waals surface area contributed by atoms with Gasteiger partial charge in [-0.1, -0.05) is 13.0 Å². The molecule has 0 unspecified atom stereocenters. The van der Waals surface area contributed by atoms with Crippen molar-refractivity contribution < 1.29 is 9.21 Å². The average Bonchev–Trinajstić information content (AvgIpc) is 3.63. The number of carbonyl (C=O) groups is 1. The standard InChI is InChI=1S/C27H22N6O2/c1-2-3-25(34)30-19-10-18(13-28-14-19)16-4-5-23-20(11-16)27(33-32-23)24-12-21-22(31-24)6-8-29-26(21)17-7-9-35-15-17/h4-15,31H,2-3H2,1H3,(H,30,34)(H,32,33). The van der Waals surface area contributed by atoms with Crippen LogP contribution in [0.5, 0.6) is 0 Å². The number of nitrogens with zero attached hydrogens (tertiary/aromatic N) is 3. The minimum absolute atomic E-state index is 0.0119. The third kappa shape index (κ3) is 3.85. The number of furan rings is 1. The van der Waals surface area contributed by atoms with Crippen molar-refractivity contribution >= 4 is 33.4 Å². The number of hydrogen-bond acceptors (Lipinski definition) is 5. The fourth-order valence-electron chi connectivity index (χ4n) is 4.33. The monoisotopic (exact) mass is 462 g/mol. The quantitative estimate of drug-likeness (QED) is 0.274. The first-order valence-corrected chi connectivity index (χ1v) is 11.4. The lowest BCUT2D eigenvalue weighted by molar-refractivity contribution is -0.116. The first-order chi connectivity index (χ1) is 17.2. The van der Waals surface area contributed by atoms with E-state index in [-0.39, 0.29) is 5.91 Å². The van der Waals surface area contributed by atoms with E-state index in [9.17, 15) is 4.79 Å². The number of fused-ring (bicyclic) bond motifs is 2. The molecular weight excluding hydrogens is 440 g/mol. The zero-order valence-electron chi connectivity index (χ0n) is 19.0. The van der Waals surface area contributed by atoms with Gasteiger partial charge in [-0.25, -0.2) is 0 Å². The minimum atomic E-state index is -0.0119. The van der Waals surface area contributed by atoms with Crippen molar-refractivity contribution in [1.29, 1.82) is 0 Å². The highest BCUT2D eigenvalue weighted by molar-refractivity contribution is 6.01. The third-order valence-corrected chi connectivity index (χ3v) is 5.99. The second kappa shape index (κ2) is 8.57. The van der Waals surface area contributed by atoms with Gasteiger partial charge in [-0.05, 0) is 48.4 Å². The molecule has 6 aromatic rings. The van der Waals surface area contributed by atoms with Gasteiger partial charge in [0.2, 0.25) is 5.91 Å².